The third-order valence-electron chi connectivity index (χ3n) is 3.73. The fourth-order valence-corrected chi connectivity index (χ4v) is 3.34. The van der Waals surface area contributed by atoms with Gasteiger partial charge in [-0.3, -0.25) is 4.79 Å². The summed E-state index contributed by atoms with van der Waals surface area (Å²) in [6.07, 6.45) is 1.86. The van der Waals surface area contributed by atoms with Crippen molar-refractivity contribution in [3.8, 4) is 5.75 Å². The van der Waals surface area contributed by atoms with Gasteiger partial charge in [0, 0.05) is 19.0 Å². The van der Waals surface area contributed by atoms with Gasteiger partial charge < -0.3 is 10.1 Å². The number of nitrogens with one attached hydrogen (secondary N) is 2. The van der Waals surface area contributed by atoms with Gasteiger partial charge in [0.25, 0.3) is 0 Å². The van der Waals surface area contributed by atoms with Crippen LogP contribution in [0.5, 0.6) is 5.75 Å². The third kappa shape index (κ3) is 3.98. The Morgan fingerprint density at radius 3 is 2.45 bits per heavy atom. The Labute approximate surface area is 131 Å². The number of carbonyl (C=O) groups excluding carboxylic acids is 1. The first-order valence-electron chi connectivity index (χ1n) is 7.28. The number of hydrogen-bond acceptors (Lipinski definition) is 4. The predicted molar refractivity (Wildman–Crippen MR) is 83.4 cm³/mol. The van der Waals surface area contributed by atoms with Gasteiger partial charge in [-0.1, -0.05) is 0 Å². The van der Waals surface area contributed by atoms with E-state index >= 15 is 0 Å². The Kier molecular flexibility index (Phi) is 5.08. The third-order valence-corrected chi connectivity index (χ3v) is 5.22. The second-order valence-corrected chi connectivity index (χ2v) is 7.29. The lowest BCUT2D eigenvalue weighted by atomic mass is 10.1. The van der Waals surface area contributed by atoms with E-state index in [2.05, 4.69) is 10.0 Å². The van der Waals surface area contributed by atoms with Crippen molar-refractivity contribution in [1.82, 2.24) is 10.0 Å². The molecule has 0 aromatic heterocycles. The molecule has 2 N–H and O–H groups in total. The summed E-state index contributed by atoms with van der Waals surface area (Å²) in [6, 6.07) is 3.30. The smallest absolute Gasteiger partial charge is 0.244 e. The monoisotopic (exact) mass is 326 g/mol. The molecule has 122 valence electrons. The Morgan fingerprint density at radius 1 is 1.23 bits per heavy atom. The second-order valence-electron chi connectivity index (χ2n) is 5.55. The summed E-state index contributed by atoms with van der Waals surface area (Å²) in [5.74, 6) is 0.442. The minimum absolute atomic E-state index is 0.00274. The molecule has 0 heterocycles. The topological polar surface area (TPSA) is 84.5 Å². The maximum atomic E-state index is 12.4. The summed E-state index contributed by atoms with van der Waals surface area (Å²) in [7, 11) is -2.23. The largest absolute Gasteiger partial charge is 0.495 e. The van der Waals surface area contributed by atoms with Gasteiger partial charge in [-0.2, -0.15) is 0 Å². The van der Waals surface area contributed by atoms with Crippen molar-refractivity contribution in [3.63, 3.8) is 0 Å². The molecule has 0 unspecified atom stereocenters. The first-order valence-corrected chi connectivity index (χ1v) is 8.76. The molecule has 1 aromatic rings. The van der Waals surface area contributed by atoms with E-state index in [0.29, 0.717) is 5.75 Å². The molecule has 22 heavy (non-hydrogen) atoms. The van der Waals surface area contributed by atoms with Crippen molar-refractivity contribution < 1.29 is 17.9 Å². The summed E-state index contributed by atoms with van der Waals surface area (Å²) in [5, 5.41) is 2.72. The molecule has 2 rings (SSSR count). The van der Waals surface area contributed by atoms with Gasteiger partial charge in [-0.25, -0.2) is 13.1 Å². The summed E-state index contributed by atoms with van der Waals surface area (Å²) in [4.78, 5) is 11.6. The molecule has 1 fully saturated rings. The normalized spacial score (nSPS) is 14.7. The summed E-state index contributed by atoms with van der Waals surface area (Å²) in [5.41, 5.74) is 1.84. The Morgan fingerprint density at radius 2 is 1.86 bits per heavy atom. The molecule has 0 bridgehead atoms. The zero-order valence-electron chi connectivity index (χ0n) is 13.1. The van der Waals surface area contributed by atoms with Gasteiger partial charge in [0.05, 0.1) is 7.11 Å². The summed E-state index contributed by atoms with van der Waals surface area (Å²) in [6.45, 7) is 4.18. The SMILES string of the molecule is COc1cc(C)c(C)cc1S(=O)(=O)NCCNC(=O)C1CC1. The summed E-state index contributed by atoms with van der Waals surface area (Å²) >= 11 is 0. The quantitative estimate of drug-likeness (QED) is 0.735. The average molecular weight is 326 g/mol. The first-order chi connectivity index (χ1) is 10.3. The van der Waals surface area contributed by atoms with Gasteiger partial charge in [-0.05, 0) is 49.9 Å². The van der Waals surface area contributed by atoms with Gasteiger partial charge in [-0.15, -0.1) is 0 Å². The van der Waals surface area contributed by atoms with Crippen LogP contribution < -0.4 is 14.8 Å². The van der Waals surface area contributed by atoms with E-state index in [1.54, 1.807) is 12.1 Å². The van der Waals surface area contributed by atoms with Crippen molar-refractivity contribution in [3.05, 3.63) is 23.3 Å². The molecule has 0 spiro atoms. The molecule has 0 atom stereocenters. The van der Waals surface area contributed by atoms with Crippen molar-refractivity contribution in [2.75, 3.05) is 20.2 Å². The van der Waals surface area contributed by atoms with Crippen molar-refractivity contribution >= 4 is 15.9 Å². The van der Waals surface area contributed by atoms with E-state index in [9.17, 15) is 13.2 Å². The van der Waals surface area contributed by atoms with E-state index in [4.69, 9.17) is 4.74 Å². The number of hydrogen-bond donors (Lipinski definition) is 2. The Balaban J connectivity index is 2.00. The number of carbonyl (C=O) groups is 1. The molecule has 1 amide bonds. The van der Waals surface area contributed by atoms with E-state index in [0.717, 1.165) is 24.0 Å². The van der Waals surface area contributed by atoms with E-state index in [1.807, 2.05) is 13.8 Å². The average Bonchev–Trinajstić information content (AvgIpc) is 3.30. The molecule has 7 heteroatoms. The van der Waals surface area contributed by atoms with E-state index < -0.39 is 10.0 Å². The van der Waals surface area contributed by atoms with Gasteiger partial charge in [0.15, 0.2) is 0 Å². The highest BCUT2D eigenvalue weighted by Gasteiger charge is 2.29. The zero-order valence-corrected chi connectivity index (χ0v) is 13.9. The van der Waals surface area contributed by atoms with Crippen LogP contribution in [0.25, 0.3) is 0 Å². The highest BCUT2D eigenvalue weighted by Crippen LogP contribution is 2.28. The molecule has 0 radical (unpaired) electrons. The molecule has 1 aliphatic carbocycles. The molecule has 1 aliphatic rings. The van der Waals surface area contributed by atoms with Crippen LogP contribution in [0, 0.1) is 19.8 Å². The highest BCUT2D eigenvalue weighted by atomic mass is 32.2. The van der Waals surface area contributed by atoms with Crippen LogP contribution in [0.1, 0.15) is 24.0 Å². The fraction of sp³-hybridized carbons (Fsp3) is 0.533. The Bertz CT molecular complexity index is 666. The molecule has 6 nitrogen and oxygen atoms in total. The number of amides is 1. The second kappa shape index (κ2) is 6.66. The van der Waals surface area contributed by atoms with Gasteiger partial charge in [0.1, 0.15) is 10.6 Å². The van der Waals surface area contributed by atoms with Crippen LogP contribution in [0.4, 0.5) is 0 Å². The lowest BCUT2D eigenvalue weighted by Crippen LogP contribution is -2.35. The number of rotatable bonds is 7. The lowest BCUT2D eigenvalue weighted by molar-refractivity contribution is -0.122. The van der Waals surface area contributed by atoms with Crippen LogP contribution in [0.3, 0.4) is 0 Å². The molecular formula is C15H22N2O4S. The zero-order chi connectivity index (χ0) is 16.3. The van der Waals surface area contributed by atoms with Crippen molar-refractivity contribution in [2.45, 2.75) is 31.6 Å². The van der Waals surface area contributed by atoms with Crippen LogP contribution in [0.2, 0.25) is 0 Å². The molecule has 1 aromatic carbocycles. The minimum atomic E-state index is -3.67. The maximum Gasteiger partial charge on any atom is 0.244 e. The number of methoxy groups -OCH3 is 1. The number of benzene rings is 1. The van der Waals surface area contributed by atoms with Gasteiger partial charge >= 0.3 is 0 Å². The predicted octanol–water partition coefficient (Wildman–Crippen LogP) is 1.12. The van der Waals surface area contributed by atoms with Crippen LogP contribution >= 0.6 is 0 Å². The standard InChI is InChI=1S/C15H22N2O4S/c1-10-8-13(21-3)14(9-11(10)2)22(19,20)17-7-6-16-15(18)12-4-5-12/h8-9,12,17H,4-7H2,1-3H3,(H,16,18). The van der Waals surface area contributed by atoms with Crippen LogP contribution in [-0.2, 0) is 14.8 Å². The van der Waals surface area contributed by atoms with Crippen LogP contribution in [0.15, 0.2) is 17.0 Å². The highest BCUT2D eigenvalue weighted by molar-refractivity contribution is 7.89. The number of sulfonamides is 1. The van der Waals surface area contributed by atoms with E-state index in [-0.39, 0.29) is 29.8 Å². The molecular weight excluding hydrogens is 304 g/mol. The van der Waals surface area contributed by atoms with E-state index in [1.165, 1.54) is 7.11 Å². The Hall–Kier alpha value is -1.60. The van der Waals surface area contributed by atoms with Crippen molar-refractivity contribution in [2.24, 2.45) is 5.92 Å². The minimum Gasteiger partial charge on any atom is -0.495 e. The van der Waals surface area contributed by atoms with Gasteiger partial charge in [0.2, 0.25) is 15.9 Å². The summed E-state index contributed by atoms with van der Waals surface area (Å²) < 4.78 is 32.4. The molecule has 1 saturated carbocycles. The van der Waals surface area contributed by atoms with Crippen molar-refractivity contribution in [1.29, 1.82) is 0 Å². The molecule has 0 aliphatic heterocycles. The first kappa shape index (κ1) is 16.8. The maximum absolute atomic E-state index is 12.4. The number of ether oxygens (including phenoxy) is 1. The van der Waals surface area contributed by atoms with Crippen LogP contribution in [-0.4, -0.2) is 34.5 Å². The number of aryl methyl sites for hydroxylation is 2. The molecule has 0 saturated heterocycles. The fourth-order valence-electron chi connectivity index (χ4n) is 2.07. The lowest BCUT2D eigenvalue weighted by Gasteiger charge is -2.13.